The summed E-state index contributed by atoms with van der Waals surface area (Å²) in [5.41, 5.74) is 11.3. The van der Waals surface area contributed by atoms with Crippen molar-refractivity contribution in [1.82, 2.24) is 4.90 Å². The first-order valence-electron chi connectivity index (χ1n) is 7.53. The summed E-state index contributed by atoms with van der Waals surface area (Å²) in [5.74, 6) is 0.588. The predicted octanol–water partition coefficient (Wildman–Crippen LogP) is 1.17. The fraction of sp³-hybridized carbons (Fsp3) is 0.500. The minimum atomic E-state index is -0.490. The van der Waals surface area contributed by atoms with Crippen molar-refractivity contribution in [1.29, 1.82) is 0 Å². The van der Waals surface area contributed by atoms with Gasteiger partial charge in [0.05, 0.1) is 0 Å². The first kappa shape index (κ1) is 19.3. The van der Waals surface area contributed by atoms with Crippen LogP contribution in [0.2, 0.25) is 0 Å². The second-order valence-corrected chi connectivity index (χ2v) is 5.78. The van der Waals surface area contributed by atoms with Crippen molar-refractivity contribution < 1.29 is 14.3 Å². The molecular formula is C16H24ClN3O3. The predicted molar refractivity (Wildman–Crippen MR) is 90.7 cm³/mol. The monoisotopic (exact) mass is 341 g/mol. The van der Waals surface area contributed by atoms with Crippen LogP contribution < -0.4 is 16.2 Å². The maximum Gasteiger partial charge on any atom is 0.260 e. The van der Waals surface area contributed by atoms with Crippen LogP contribution in [0.15, 0.2) is 24.3 Å². The molecule has 1 saturated heterocycles. The Morgan fingerprint density at radius 1 is 1.30 bits per heavy atom. The van der Waals surface area contributed by atoms with Crippen molar-refractivity contribution in [3.63, 3.8) is 0 Å². The number of amides is 2. The topological polar surface area (TPSA) is 98.6 Å². The molecule has 0 aromatic heterocycles. The molecule has 1 fully saturated rings. The number of ether oxygens (including phenoxy) is 1. The molecule has 0 bridgehead atoms. The number of carbonyl (C=O) groups is 2. The van der Waals surface area contributed by atoms with E-state index in [0.29, 0.717) is 23.8 Å². The molecule has 1 aromatic rings. The molecule has 2 rings (SSSR count). The lowest BCUT2D eigenvalue weighted by atomic mass is 9.92. The van der Waals surface area contributed by atoms with Gasteiger partial charge in [-0.3, -0.25) is 9.59 Å². The van der Waals surface area contributed by atoms with E-state index in [4.69, 9.17) is 16.2 Å². The summed E-state index contributed by atoms with van der Waals surface area (Å²) in [6.07, 6.45) is 1.94. The molecule has 2 amide bonds. The lowest BCUT2D eigenvalue weighted by molar-refractivity contribution is -0.137. The first-order chi connectivity index (χ1) is 10.5. The van der Waals surface area contributed by atoms with Gasteiger partial charge in [0.1, 0.15) is 5.75 Å². The van der Waals surface area contributed by atoms with Crippen molar-refractivity contribution in [3.8, 4) is 5.75 Å². The van der Waals surface area contributed by atoms with Crippen LogP contribution >= 0.6 is 12.4 Å². The van der Waals surface area contributed by atoms with Crippen LogP contribution in [0.1, 0.15) is 30.1 Å². The van der Waals surface area contributed by atoms with Crippen molar-refractivity contribution in [3.05, 3.63) is 29.8 Å². The Kier molecular flexibility index (Phi) is 7.32. The van der Waals surface area contributed by atoms with Crippen LogP contribution in [0, 0.1) is 5.92 Å². The van der Waals surface area contributed by atoms with Crippen LogP contribution in [-0.2, 0) is 4.79 Å². The number of nitrogens with two attached hydrogens (primary N) is 2. The largest absolute Gasteiger partial charge is 0.484 e. The third kappa shape index (κ3) is 5.11. The lowest BCUT2D eigenvalue weighted by Gasteiger charge is -2.37. The van der Waals surface area contributed by atoms with Crippen LogP contribution in [0.25, 0.3) is 0 Å². The van der Waals surface area contributed by atoms with E-state index in [0.717, 1.165) is 19.4 Å². The van der Waals surface area contributed by atoms with Gasteiger partial charge in [0.2, 0.25) is 5.91 Å². The van der Waals surface area contributed by atoms with Gasteiger partial charge in [0.25, 0.3) is 5.91 Å². The van der Waals surface area contributed by atoms with Gasteiger partial charge in [-0.25, -0.2) is 0 Å². The molecule has 128 valence electrons. The third-order valence-electron chi connectivity index (χ3n) is 4.07. The number of piperidine rings is 1. The third-order valence-corrected chi connectivity index (χ3v) is 4.07. The highest BCUT2D eigenvalue weighted by Crippen LogP contribution is 2.22. The van der Waals surface area contributed by atoms with E-state index in [1.807, 2.05) is 4.90 Å². The SMILES string of the molecule is CC1CCN(C(=O)COc2ccc(C(N)=O)cc2)C(CN)C1.Cl. The minimum Gasteiger partial charge on any atom is -0.484 e. The quantitative estimate of drug-likeness (QED) is 0.839. The van der Waals surface area contributed by atoms with Gasteiger partial charge in [0, 0.05) is 24.7 Å². The fourth-order valence-electron chi connectivity index (χ4n) is 2.75. The molecular weight excluding hydrogens is 318 g/mol. The van der Waals surface area contributed by atoms with Gasteiger partial charge in [0.15, 0.2) is 6.61 Å². The molecule has 23 heavy (non-hydrogen) atoms. The number of likely N-dealkylation sites (tertiary alicyclic amines) is 1. The lowest BCUT2D eigenvalue weighted by Crippen LogP contribution is -2.50. The molecule has 1 aromatic carbocycles. The van der Waals surface area contributed by atoms with E-state index in [1.165, 1.54) is 0 Å². The number of primary amides is 1. The van der Waals surface area contributed by atoms with Crippen LogP contribution in [0.5, 0.6) is 5.75 Å². The van der Waals surface area contributed by atoms with Gasteiger partial charge in [-0.15, -0.1) is 12.4 Å². The van der Waals surface area contributed by atoms with E-state index in [2.05, 4.69) is 6.92 Å². The molecule has 2 atom stereocenters. The molecule has 1 aliphatic heterocycles. The van der Waals surface area contributed by atoms with Gasteiger partial charge in [-0.05, 0) is 43.0 Å². The highest BCUT2D eigenvalue weighted by molar-refractivity contribution is 5.92. The van der Waals surface area contributed by atoms with Crippen molar-refractivity contribution in [2.75, 3.05) is 19.7 Å². The summed E-state index contributed by atoms with van der Waals surface area (Å²) >= 11 is 0. The van der Waals surface area contributed by atoms with Crippen LogP contribution in [0.4, 0.5) is 0 Å². The molecule has 1 heterocycles. The summed E-state index contributed by atoms with van der Waals surface area (Å²) in [6, 6.07) is 6.51. The number of nitrogens with zero attached hydrogens (tertiary/aromatic N) is 1. The van der Waals surface area contributed by atoms with E-state index in [-0.39, 0.29) is 31.0 Å². The van der Waals surface area contributed by atoms with E-state index in [1.54, 1.807) is 24.3 Å². The van der Waals surface area contributed by atoms with E-state index < -0.39 is 5.91 Å². The Labute approximate surface area is 142 Å². The molecule has 0 spiro atoms. The molecule has 6 nitrogen and oxygen atoms in total. The fourth-order valence-corrected chi connectivity index (χ4v) is 2.75. The number of hydrogen-bond donors (Lipinski definition) is 2. The smallest absolute Gasteiger partial charge is 0.260 e. The average Bonchev–Trinajstić information content (AvgIpc) is 2.52. The van der Waals surface area contributed by atoms with Crippen LogP contribution in [-0.4, -0.2) is 42.5 Å². The summed E-state index contributed by atoms with van der Waals surface area (Å²) in [6.45, 7) is 3.36. The summed E-state index contributed by atoms with van der Waals surface area (Å²) < 4.78 is 5.49. The molecule has 0 radical (unpaired) electrons. The molecule has 7 heteroatoms. The molecule has 1 aliphatic rings. The highest BCUT2D eigenvalue weighted by Gasteiger charge is 2.28. The van der Waals surface area contributed by atoms with Crippen molar-refractivity contribution >= 4 is 24.2 Å². The Balaban J connectivity index is 0.00000264. The van der Waals surface area contributed by atoms with Gasteiger partial charge in [-0.1, -0.05) is 6.92 Å². The zero-order chi connectivity index (χ0) is 16.1. The van der Waals surface area contributed by atoms with Crippen molar-refractivity contribution in [2.24, 2.45) is 17.4 Å². The standard InChI is InChI=1S/C16H23N3O3.ClH/c1-11-6-7-19(13(8-11)9-17)15(20)10-22-14-4-2-12(3-5-14)16(18)21;/h2-5,11,13H,6-10,17H2,1H3,(H2,18,21);1H. The second-order valence-electron chi connectivity index (χ2n) is 5.78. The van der Waals surface area contributed by atoms with E-state index >= 15 is 0 Å². The Hall–Kier alpha value is -1.79. The zero-order valence-electron chi connectivity index (χ0n) is 13.2. The number of carbonyl (C=O) groups excluding carboxylic acids is 2. The summed E-state index contributed by atoms with van der Waals surface area (Å²) in [7, 11) is 0. The van der Waals surface area contributed by atoms with Gasteiger partial charge in [-0.2, -0.15) is 0 Å². The number of halogens is 1. The molecule has 4 N–H and O–H groups in total. The summed E-state index contributed by atoms with van der Waals surface area (Å²) in [5, 5.41) is 0. The Morgan fingerprint density at radius 2 is 1.96 bits per heavy atom. The number of rotatable bonds is 5. The zero-order valence-corrected chi connectivity index (χ0v) is 14.1. The Bertz CT molecular complexity index is 536. The maximum absolute atomic E-state index is 12.3. The minimum absolute atomic E-state index is 0. The number of hydrogen-bond acceptors (Lipinski definition) is 4. The Morgan fingerprint density at radius 3 is 2.52 bits per heavy atom. The average molecular weight is 342 g/mol. The molecule has 0 aliphatic carbocycles. The second kappa shape index (κ2) is 8.74. The first-order valence-corrected chi connectivity index (χ1v) is 7.53. The molecule has 0 saturated carbocycles. The van der Waals surface area contributed by atoms with Gasteiger partial charge >= 0.3 is 0 Å². The number of benzene rings is 1. The van der Waals surface area contributed by atoms with Crippen molar-refractivity contribution in [2.45, 2.75) is 25.8 Å². The highest BCUT2D eigenvalue weighted by atomic mass is 35.5. The maximum atomic E-state index is 12.3. The van der Waals surface area contributed by atoms with E-state index in [9.17, 15) is 9.59 Å². The van der Waals surface area contributed by atoms with Crippen LogP contribution in [0.3, 0.4) is 0 Å². The molecule has 2 unspecified atom stereocenters. The van der Waals surface area contributed by atoms with Gasteiger partial charge < -0.3 is 21.1 Å². The summed E-state index contributed by atoms with van der Waals surface area (Å²) in [4.78, 5) is 25.1. The normalized spacial score (nSPS) is 20.5.